The zero-order valence-corrected chi connectivity index (χ0v) is 9.09. The van der Waals surface area contributed by atoms with Crippen LogP contribution in [0.5, 0.6) is 0 Å². The molecule has 88 valence electrons. The van der Waals surface area contributed by atoms with Crippen molar-refractivity contribution in [1.29, 1.82) is 0 Å². The van der Waals surface area contributed by atoms with Gasteiger partial charge >= 0.3 is 0 Å². The second-order valence-electron chi connectivity index (χ2n) is 3.85. The SMILES string of the molecule is CC(N)C1CN(C(=O)c2ncn[nH]2)CCO1. The monoisotopic (exact) mass is 225 g/mol. The fourth-order valence-corrected chi connectivity index (χ4v) is 1.64. The first-order chi connectivity index (χ1) is 7.68. The van der Waals surface area contributed by atoms with Gasteiger partial charge in [0.1, 0.15) is 6.33 Å². The zero-order chi connectivity index (χ0) is 11.5. The topological polar surface area (TPSA) is 97.1 Å². The summed E-state index contributed by atoms with van der Waals surface area (Å²) >= 11 is 0. The lowest BCUT2D eigenvalue weighted by Crippen LogP contribution is -2.51. The van der Waals surface area contributed by atoms with Crippen molar-refractivity contribution in [2.24, 2.45) is 5.73 Å². The number of hydrogen-bond donors (Lipinski definition) is 2. The number of amides is 1. The van der Waals surface area contributed by atoms with Gasteiger partial charge in [-0.3, -0.25) is 9.89 Å². The number of carbonyl (C=O) groups excluding carboxylic acids is 1. The molecule has 0 bridgehead atoms. The van der Waals surface area contributed by atoms with E-state index in [-0.39, 0.29) is 23.9 Å². The average molecular weight is 225 g/mol. The quantitative estimate of drug-likeness (QED) is 0.672. The molecule has 0 spiro atoms. The predicted molar refractivity (Wildman–Crippen MR) is 55.7 cm³/mol. The Labute approximate surface area is 93.0 Å². The minimum atomic E-state index is -0.161. The number of morpholine rings is 1. The van der Waals surface area contributed by atoms with Gasteiger partial charge in [0.15, 0.2) is 0 Å². The van der Waals surface area contributed by atoms with E-state index in [0.29, 0.717) is 19.7 Å². The normalized spacial score (nSPS) is 23.1. The highest BCUT2D eigenvalue weighted by atomic mass is 16.5. The first-order valence-electron chi connectivity index (χ1n) is 5.20. The molecule has 1 aromatic heterocycles. The number of H-pyrrole nitrogens is 1. The summed E-state index contributed by atoms with van der Waals surface area (Å²) in [6, 6.07) is -0.0923. The van der Waals surface area contributed by atoms with Crippen LogP contribution < -0.4 is 5.73 Å². The third-order valence-electron chi connectivity index (χ3n) is 2.58. The largest absolute Gasteiger partial charge is 0.373 e. The smallest absolute Gasteiger partial charge is 0.291 e. The fraction of sp³-hybridized carbons (Fsp3) is 0.667. The van der Waals surface area contributed by atoms with Crippen LogP contribution in [-0.2, 0) is 4.74 Å². The number of rotatable bonds is 2. The molecule has 3 N–H and O–H groups in total. The highest BCUT2D eigenvalue weighted by Gasteiger charge is 2.28. The molecule has 2 unspecified atom stereocenters. The standard InChI is InChI=1S/C9H15N5O2/c1-6(10)7-4-14(2-3-16-7)9(15)8-11-5-12-13-8/h5-7H,2-4,10H2,1H3,(H,11,12,13). The molecule has 0 saturated carbocycles. The lowest BCUT2D eigenvalue weighted by Gasteiger charge is -2.34. The maximum atomic E-state index is 11.9. The Balaban J connectivity index is 2.02. The van der Waals surface area contributed by atoms with Gasteiger partial charge in [-0.05, 0) is 6.92 Å². The molecule has 1 fully saturated rings. The van der Waals surface area contributed by atoms with Crippen molar-refractivity contribution >= 4 is 5.91 Å². The molecule has 7 heteroatoms. The van der Waals surface area contributed by atoms with Crippen molar-refractivity contribution in [3.63, 3.8) is 0 Å². The first kappa shape index (κ1) is 11.0. The van der Waals surface area contributed by atoms with Crippen molar-refractivity contribution in [1.82, 2.24) is 20.1 Å². The molecule has 0 aromatic carbocycles. The van der Waals surface area contributed by atoms with Crippen molar-refractivity contribution < 1.29 is 9.53 Å². The van der Waals surface area contributed by atoms with E-state index in [2.05, 4.69) is 15.2 Å². The summed E-state index contributed by atoms with van der Waals surface area (Å²) in [5, 5.41) is 6.21. The van der Waals surface area contributed by atoms with Crippen LogP contribution >= 0.6 is 0 Å². The molecule has 2 atom stereocenters. The molecule has 16 heavy (non-hydrogen) atoms. The lowest BCUT2D eigenvalue weighted by molar-refractivity contribution is -0.0303. The number of ether oxygens (including phenoxy) is 1. The molecule has 1 amide bonds. The highest BCUT2D eigenvalue weighted by molar-refractivity contribution is 5.90. The molecular weight excluding hydrogens is 210 g/mol. The molecule has 0 aliphatic carbocycles. The maximum Gasteiger partial charge on any atom is 0.291 e. The van der Waals surface area contributed by atoms with Crippen LogP contribution in [0.1, 0.15) is 17.5 Å². The molecule has 1 aromatic rings. The number of nitrogens with zero attached hydrogens (tertiary/aromatic N) is 3. The van der Waals surface area contributed by atoms with Gasteiger partial charge in [0, 0.05) is 19.1 Å². The van der Waals surface area contributed by atoms with Gasteiger partial charge < -0.3 is 15.4 Å². The Hall–Kier alpha value is -1.47. The van der Waals surface area contributed by atoms with Crippen LogP contribution in [0.2, 0.25) is 0 Å². The highest BCUT2D eigenvalue weighted by Crippen LogP contribution is 2.09. The third kappa shape index (κ3) is 2.20. The Kier molecular flexibility index (Phi) is 3.16. The molecule has 7 nitrogen and oxygen atoms in total. The molecule has 2 rings (SSSR count). The number of hydrogen-bond acceptors (Lipinski definition) is 5. The zero-order valence-electron chi connectivity index (χ0n) is 9.09. The number of carbonyl (C=O) groups is 1. The van der Waals surface area contributed by atoms with Gasteiger partial charge in [-0.1, -0.05) is 0 Å². The average Bonchev–Trinajstić information content (AvgIpc) is 2.81. The van der Waals surface area contributed by atoms with Crippen LogP contribution in [0.4, 0.5) is 0 Å². The molecule has 1 saturated heterocycles. The van der Waals surface area contributed by atoms with Crippen molar-refractivity contribution in [3.05, 3.63) is 12.2 Å². The summed E-state index contributed by atoms with van der Waals surface area (Å²) in [6.45, 7) is 3.43. The minimum absolute atomic E-state index is 0.0923. The number of aromatic amines is 1. The maximum absolute atomic E-state index is 11.9. The Bertz CT molecular complexity index is 351. The van der Waals surface area contributed by atoms with Gasteiger partial charge in [0.25, 0.3) is 5.91 Å². The summed E-state index contributed by atoms with van der Waals surface area (Å²) in [5.74, 6) is 0.0942. The van der Waals surface area contributed by atoms with E-state index in [1.54, 1.807) is 4.90 Å². The summed E-state index contributed by atoms with van der Waals surface area (Å²) in [5.41, 5.74) is 5.75. The first-order valence-corrected chi connectivity index (χ1v) is 5.20. The van der Waals surface area contributed by atoms with Crippen LogP contribution in [0.15, 0.2) is 6.33 Å². The van der Waals surface area contributed by atoms with E-state index >= 15 is 0 Å². The predicted octanol–water partition coefficient (Wildman–Crippen LogP) is -1.01. The van der Waals surface area contributed by atoms with Crippen LogP contribution in [0, 0.1) is 0 Å². The van der Waals surface area contributed by atoms with Gasteiger partial charge in [0.2, 0.25) is 5.82 Å². The van der Waals surface area contributed by atoms with Crippen LogP contribution in [0.25, 0.3) is 0 Å². The Morgan fingerprint density at radius 1 is 1.81 bits per heavy atom. The lowest BCUT2D eigenvalue weighted by atomic mass is 10.1. The van der Waals surface area contributed by atoms with E-state index in [1.165, 1.54) is 6.33 Å². The third-order valence-corrected chi connectivity index (χ3v) is 2.58. The van der Waals surface area contributed by atoms with E-state index in [4.69, 9.17) is 10.5 Å². The van der Waals surface area contributed by atoms with Gasteiger partial charge in [-0.2, -0.15) is 5.10 Å². The summed E-state index contributed by atoms with van der Waals surface area (Å²) in [4.78, 5) is 17.4. The van der Waals surface area contributed by atoms with E-state index in [1.807, 2.05) is 6.92 Å². The van der Waals surface area contributed by atoms with Crippen molar-refractivity contribution in [3.8, 4) is 0 Å². The summed E-state index contributed by atoms with van der Waals surface area (Å²) < 4.78 is 5.47. The van der Waals surface area contributed by atoms with Crippen molar-refractivity contribution in [2.75, 3.05) is 19.7 Å². The second-order valence-corrected chi connectivity index (χ2v) is 3.85. The molecular formula is C9H15N5O2. The number of nitrogens with one attached hydrogen (secondary N) is 1. The Morgan fingerprint density at radius 2 is 2.62 bits per heavy atom. The number of aromatic nitrogens is 3. The van der Waals surface area contributed by atoms with Crippen LogP contribution in [-0.4, -0.2) is 57.8 Å². The minimum Gasteiger partial charge on any atom is -0.373 e. The van der Waals surface area contributed by atoms with Gasteiger partial charge in [0.05, 0.1) is 12.7 Å². The van der Waals surface area contributed by atoms with Gasteiger partial charge in [-0.25, -0.2) is 4.98 Å². The van der Waals surface area contributed by atoms with E-state index in [0.717, 1.165) is 0 Å². The molecule has 2 heterocycles. The Morgan fingerprint density at radius 3 is 3.25 bits per heavy atom. The van der Waals surface area contributed by atoms with E-state index < -0.39 is 0 Å². The summed E-state index contributed by atoms with van der Waals surface area (Å²) in [7, 11) is 0. The van der Waals surface area contributed by atoms with E-state index in [9.17, 15) is 4.79 Å². The second kappa shape index (κ2) is 4.58. The molecule has 1 aliphatic heterocycles. The molecule has 0 radical (unpaired) electrons. The summed E-state index contributed by atoms with van der Waals surface area (Å²) in [6.07, 6.45) is 1.21. The molecule has 1 aliphatic rings. The van der Waals surface area contributed by atoms with Crippen molar-refractivity contribution in [2.45, 2.75) is 19.1 Å². The number of nitrogens with two attached hydrogens (primary N) is 1. The van der Waals surface area contributed by atoms with Crippen LogP contribution in [0.3, 0.4) is 0 Å². The van der Waals surface area contributed by atoms with Gasteiger partial charge in [-0.15, -0.1) is 0 Å². The fourth-order valence-electron chi connectivity index (χ4n) is 1.64.